The maximum Gasteiger partial charge on any atom is 0.321 e. The van der Waals surface area contributed by atoms with Crippen molar-refractivity contribution in [3.05, 3.63) is 65.7 Å². The van der Waals surface area contributed by atoms with Gasteiger partial charge in [-0.15, -0.1) is 0 Å². The summed E-state index contributed by atoms with van der Waals surface area (Å²) in [6.07, 6.45) is 0.793. The highest BCUT2D eigenvalue weighted by Crippen LogP contribution is 2.16. The number of carbonyl (C=O) groups excluding carboxylic acids is 2. The molecule has 1 aliphatic rings. The van der Waals surface area contributed by atoms with Crippen molar-refractivity contribution in [2.45, 2.75) is 6.42 Å². The Bertz CT molecular complexity index is 838. The Balaban J connectivity index is 1.38. The van der Waals surface area contributed by atoms with Crippen molar-refractivity contribution >= 4 is 17.7 Å². The third kappa shape index (κ3) is 5.51. The Morgan fingerprint density at radius 2 is 1.85 bits per heavy atom. The molecule has 1 aliphatic heterocycles. The van der Waals surface area contributed by atoms with E-state index in [1.807, 2.05) is 54.6 Å². The number of nitrogens with zero attached hydrogens (tertiary/aromatic N) is 1. The van der Waals surface area contributed by atoms with E-state index in [1.165, 1.54) is 5.56 Å². The fraction of sp³-hybridized carbons (Fsp3) is 0.238. The fourth-order valence-corrected chi connectivity index (χ4v) is 2.74. The van der Waals surface area contributed by atoms with Gasteiger partial charge >= 0.3 is 12.1 Å². The molecule has 1 fully saturated rings. The summed E-state index contributed by atoms with van der Waals surface area (Å²) in [4.78, 5) is 25.1. The van der Waals surface area contributed by atoms with Crippen molar-refractivity contribution in [1.29, 1.82) is 0 Å². The molecule has 0 aromatic heterocycles. The van der Waals surface area contributed by atoms with Crippen molar-refractivity contribution in [3.63, 3.8) is 0 Å². The van der Waals surface area contributed by atoms with Gasteiger partial charge in [0.2, 0.25) is 0 Å². The molecule has 1 heterocycles. The Kier molecular flexibility index (Phi) is 6.31. The van der Waals surface area contributed by atoms with Crippen LogP contribution in [-0.2, 0) is 6.42 Å². The van der Waals surface area contributed by atoms with E-state index in [0.717, 1.165) is 17.7 Å². The normalized spacial score (nSPS) is 12.7. The van der Waals surface area contributed by atoms with Gasteiger partial charge < -0.3 is 16.0 Å². The Morgan fingerprint density at radius 1 is 1.07 bits per heavy atom. The summed E-state index contributed by atoms with van der Waals surface area (Å²) < 4.78 is 0. The number of nitrogens with one attached hydrogen (secondary N) is 3. The first kappa shape index (κ1) is 18.3. The number of rotatable bonds is 5. The van der Waals surface area contributed by atoms with Gasteiger partial charge in [0.15, 0.2) is 0 Å². The SMILES string of the molecule is O=C(NCC#Cc1ccc(N2CCNC2=O)cc1)NCCc1ccccc1. The van der Waals surface area contributed by atoms with E-state index in [1.54, 1.807) is 4.90 Å². The minimum Gasteiger partial charge on any atom is -0.338 e. The van der Waals surface area contributed by atoms with Crippen LogP contribution in [0.2, 0.25) is 0 Å². The first-order chi connectivity index (χ1) is 13.2. The fourth-order valence-electron chi connectivity index (χ4n) is 2.74. The highest BCUT2D eigenvalue weighted by atomic mass is 16.2. The van der Waals surface area contributed by atoms with E-state index >= 15 is 0 Å². The number of anilines is 1. The molecule has 4 amide bonds. The maximum absolute atomic E-state index is 11.7. The van der Waals surface area contributed by atoms with Gasteiger partial charge in [0.1, 0.15) is 0 Å². The highest BCUT2D eigenvalue weighted by Gasteiger charge is 2.20. The first-order valence-corrected chi connectivity index (χ1v) is 8.92. The maximum atomic E-state index is 11.7. The number of carbonyl (C=O) groups is 2. The van der Waals surface area contributed by atoms with E-state index in [2.05, 4.69) is 27.8 Å². The summed E-state index contributed by atoms with van der Waals surface area (Å²) in [6, 6.07) is 17.2. The van der Waals surface area contributed by atoms with Crippen LogP contribution in [0.15, 0.2) is 54.6 Å². The monoisotopic (exact) mass is 362 g/mol. The number of hydrogen-bond donors (Lipinski definition) is 3. The zero-order chi connectivity index (χ0) is 18.9. The van der Waals surface area contributed by atoms with Crippen LogP contribution in [0.3, 0.4) is 0 Å². The number of amides is 4. The second kappa shape index (κ2) is 9.30. The molecule has 0 spiro atoms. The van der Waals surface area contributed by atoms with Crippen LogP contribution in [-0.4, -0.2) is 38.2 Å². The molecule has 6 nitrogen and oxygen atoms in total. The topological polar surface area (TPSA) is 73.5 Å². The van der Waals surface area contributed by atoms with Gasteiger partial charge in [0.25, 0.3) is 0 Å². The molecule has 3 rings (SSSR count). The average molecular weight is 362 g/mol. The minimum atomic E-state index is -0.226. The number of hydrogen-bond acceptors (Lipinski definition) is 2. The summed E-state index contributed by atoms with van der Waals surface area (Å²) in [5.41, 5.74) is 2.88. The number of benzene rings is 2. The van der Waals surface area contributed by atoms with Crippen LogP contribution in [0.5, 0.6) is 0 Å². The van der Waals surface area contributed by atoms with Crippen LogP contribution in [0.4, 0.5) is 15.3 Å². The second-order valence-corrected chi connectivity index (χ2v) is 6.08. The third-order valence-electron chi connectivity index (χ3n) is 4.15. The van der Waals surface area contributed by atoms with Crippen molar-refractivity contribution in [1.82, 2.24) is 16.0 Å². The lowest BCUT2D eigenvalue weighted by Gasteiger charge is -2.13. The molecule has 0 unspecified atom stereocenters. The van der Waals surface area contributed by atoms with Crippen LogP contribution < -0.4 is 20.9 Å². The number of urea groups is 2. The lowest BCUT2D eigenvalue weighted by atomic mass is 10.1. The molecule has 2 aromatic rings. The summed E-state index contributed by atoms with van der Waals surface area (Å²) in [6.45, 7) is 2.19. The summed E-state index contributed by atoms with van der Waals surface area (Å²) in [5.74, 6) is 5.92. The lowest BCUT2D eigenvalue weighted by Crippen LogP contribution is -2.36. The summed E-state index contributed by atoms with van der Waals surface area (Å²) >= 11 is 0. The second-order valence-electron chi connectivity index (χ2n) is 6.08. The van der Waals surface area contributed by atoms with Crippen molar-refractivity contribution in [3.8, 4) is 11.8 Å². The Labute approximate surface area is 158 Å². The molecular formula is C21H22N4O2. The first-order valence-electron chi connectivity index (χ1n) is 8.92. The predicted molar refractivity (Wildman–Crippen MR) is 106 cm³/mol. The van der Waals surface area contributed by atoms with E-state index in [-0.39, 0.29) is 18.6 Å². The van der Waals surface area contributed by atoms with Gasteiger partial charge in [-0.25, -0.2) is 9.59 Å². The van der Waals surface area contributed by atoms with Gasteiger partial charge in [-0.05, 0) is 36.2 Å². The van der Waals surface area contributed by atoms with Crippen molar-refractivity contribution < 1.29 is 9.59 Å². The van der Waals surface area contributed by atoms with Crippen molar-refractivity contribution in [2.24, 2.45) is 0 Å². The van der Waals surface area contributed by atoms with E-state index in [4.69, 9.17) is 0 Å². The van der Waals surface area contributed by atoms with E-state index in [0.29, 0.717) is 19.6 Å². The molecule has 3 N–H and O–H groups in total. The van der Waals surface area contributed by atoms with E-state index < -0.39 is 0 Å². The zero-order valence-electron chi connectivity index (χ0n) is 15.0. The van der Waals surface area contributed by atoms with Crippen LogP contribution in [0.25, 0.3) is 0 Å². The van der Waals surface area contributed by atoms with Gasteiger partial charge in [-0.1, -0.05) is 42.2 Å². The largest absolute Gasteiger partial charge is 0.338 e. The standard InChI is InChI=1S/C21H22N4O2/c26-20(23-14-12-17-5-2-1-3-6-17)22-13-4-7-18-8-10-19(11-9-18)25-16-15-24-21(25)27/h1-3,5-6,8-11H,12-16H2,(H,24,27)(H2,22,23,26). The van der Waals surface area contributed by atoms with Gasteiger partial charge in [0.05, 0.1) is 6.54 Å². The molecule has 0 radical (unpaired) electrons. The molecule has 0 aliphatic carbocycles. The average Bonchev–Trinajstić information content (AvgIpc) is 3.12. The molecule has 6 heteroatoms. The quantitative estimate of drug-likeness (QED) is 0.713. The Morgan fingerprint density at radius 3 is 2.56 bits per heavy atom. The molecule has 138 valence electrons. The molecule has 0 saturated carbocycles. The third-order valence-corrected chi connectivity index (χ3v) is 4.15. The molecule has 0 bridgehead atoms. The lowest BCUT2D eigenvalue weighted by molar-refractivity contribution is 0.242. The molecule has 27 heavy (non-hydrogen) atoms. The molecule has 1 saturated heterocycles. The predicted octanol–water partition coefficient (Wildman–Crippen LogP) is 2.11. The smallest absolute Gasteiger partial charge is 0.321 e. The summed E-state index contributed by atoms with van der Waals surface area (Å²) in [5, 5.41) is 8.30. The van der Waals surface area contributed by atoms with Crippen LogP contribution in [0.1, 0.15) is 11.1 Å². The van der Waals surface area contributed by atoms with E-state index in [9.17, 15) is 9.59 Å². The zero-order valence-corrected chi connectivity index (χ0v) is 15.0. The van der Waals surface area contributed by atoms with Gasteiger partial charge in [-0.3, -0.25) is 4.90 Å². The summed E-state index contributed by atoms with van der Waals surface area (Å²) in [7, 11) is 0. The minimum absolute atomic E-state index is 0.0729. The Hall–Kier alpha value is -3.46. The van der Waals surface area contributed by atoms with Crippen molar-refractivity contribution in [2.75, 3.05) is 31.1 Å². The van der Waals surface area contributed by atoms with Gasteiger partial charge in [-0.2, -0.15) is 0 Å². The molecule has 2 aromatic carbocycles. The van der Waals surface area contributed by atoms with Crippen LogP contribution >= 0.6 is 0 Å². The highest BCUT2D eigenvalue weighted by molar-refractivity contribution is 5.94. The van der Waals surface area contributed by atoms with Gasteiger partial charge in [0, 0.05) is 30.9 Å². The van der Waals surface area contributed by atoms with Crippen LogP contribution in [0, 0.1) is 11.8 Å². The molecule has 0 atom stereocenters. The molecular weight excluding hydrogens is 340 g/mol.